The third-order valence-electron chi connectivity index (χ3n) is 11.9. The number of benzene rings is 8. The van der Waals surface area contributed by atoms with Crippen LogP contribution in [0.2, 0.25) is 0 Å². The number of aromatic hydroxyl groups is 5. The van der Waals surface area contributed by atoms with Gasteiger partial charge in [-0.2, -0.15) is 0 Å². The molecule has 0 heterocycles. The summed E-state index contributed by atoms with van der Waals surface area (Å²) in [6.07, 6.45) is 4.31. The molecule has 0 saturated carbocycles. The second-order valence-corrected chi connectivity index (χ2v) is 15.8. The monoisotopic (exact) mass is 773 g/mol. The van der Waals surface area contributed by atoms with Crippen molar-refractivity contribution in [3.05, 3.63) is 174 Å². The lowest BCUT2D eigenvalue weighted by molar-refractivity contribution is 0.330. The summed E-state index contributed by atoms with van der Waals surface area (Å²) >= 11 is 0. The first kappa shape index (κ1) is 37.2. The number of rotatable bonds is 7. The highest BCUT2D eigenvalue weighted by Gasteiger charge is 2.36. The van der Waals surface area contributed by atoms with E-state index in [-0.39, 0.29) is 11.0 Å². The van der Waals surface area contributed by atoms with Crippen molar-refractivity contribution in [3.63, 3.8) is 0 Å². The second kappa shape index (κ2) is 14.2. The number of anilines is 3. The van der Waals surface area contributed by atoms with Crippen LogP contribution in [0, 0.1) is 6.92 Å². The van der Waals surface area contributed by atoms with Gasteiger partial charge < -0.3 is 30.4 Å². The zero-order chi connectivity index (χ0) is 41.2. The Morgan fingerprint density at radius 2 is 1.00 bits per heavy atom. The molecule has 1 aliphatic rings. The summed E-state index contributed by atoms with van der Waals surface area (Å²) in [6.45, 7) is 8.88. The molecule has 0 unspecified atom stereocenters. The molecule has 0 saturated heterocycles. The summed E-state index contributed by atoms with van der Waals surface area (Å²) in [7, 11) is 0. The minimum atomic E-state index is -0.984. The molecule has 5 N–H and O–H groups in total. The Balaban J connectivity index is 1.05. The van der Waals surface area contributed by atoms with Gasteiger partial charge in [0.25, 0.3) is 0 Å². The van der Waals surface area contributed by atoms with Crippen LogP contribution in [0.4, 0.5) is 17.1 Å². The Hall–Kier alpha value is -7.44. The van der Waals surface area contributed by atoms with Crippen molar-refractivity contribution in [2.75, 3.05) is 4.90 Å². The Morgan fingerprint density at radius 3 is 1.68 bits per heavy atom. The third-order valence-corrected chi connectivity index (χ3v) is 11.9. The van der Waals surface area contributed by atoms with Gasteiger partial charge in [0.05, 0.1) is 11.3 Å². The van der Waals surface area contributed by atoms with Crippen molar-refractivity contribution in [3.8, 4) is 73.3 Å². The molecular weight excluding hydrogens is 731 g/mol. The molecule has 59 heavy (non-hydrogen) atoms. The average molecular weight is 774 g/mol. The molecule has 6 nitrogen and oxygen atoms in total. The van der Waals surface area contributed by atoms with Crippen LogP contribution in [0.15, 0.2) is 152 Å². The van der Waals surface area contributed by atoms with E-state index in [1.165, 1.54) is 33.4 Å². The highest BCUT2D eigenvalue weighted by Crippen LogP contribution is 2.55. The predicted molar refractivity (Wildman–Crippen MR) is 240 cm³/mol. The van der Waals surface area contributed by atoms with Gasteiger partial charge in [-0.15, -0.1) is 0 Å². The third kappa shape index (κ3) is 6.12. The molecule has 0 atom stereocenters. The number of aryl methyl sites for hydroxylation is 1. The fraction of sp³-hybridized carbons (Fsp3) is 0.0943. The average Bonchev–Trinajstić information content (AvgIpc) is 3.49. The van der Waals surface area contributed by atoms with Crippen molar-refractivity contribution >= 4 is 33.9 Å². The molecule has 0 aliphatic heterocycles. The summed E-state index contributed by atoms with van der Waals surface area (Å²) in [5, 5.41) is 52.8. The van der Waals surface area contributed by atoms with Gasteiger partial charge in [0.1, 0.15) is 0 Å². The van der Waals surface area contributed by atoms with E-state index in [0.29, 0.717) is 5.56 Å². The van der Waals surface area contributed by atoms with Crippen LogP contribution in [-0.4, -0.2) is 25.5 Å². The number of hydrogen-bond acceptors (Lipinski definition) is 6. The van der Waals surface area contributed by atoms with Gasteiger partial charge in [-0.3, -0.25) is 0 Å². The minimum absolute atomic E-state index is 0.128. The second-order valence-electron chi connectivity index (χ2n) is 15.8. The minimum Gasteiger partial charge on any atom is -0.504 e. The number of hydrogen-bond donors (Lipinski definition) is 5. The Labute approximate surface area is 343 Å². The molecule has 0 aromatic heterocycles. The largest absolute Gasteiger partial charge is 0.504 e. The summed E-state index contributed by atoms with van der Waals surface area (Å²) in [6, 6.07) is 50.7. The highest BCUT2D eigenvalue weighted by atomic mass is 16.4. The van der Waals surface area contributed by atoms with Gasteiger partial charge in [-0.1, -0.05) is 135 Å². The van der Waals surface area contributed by atoms with Gasteiger partial charge >= 0.3 is 0 Å². The molecule has 0 spiro atoms. The van der Waals surface area contributed by atoms with E-state index in [1.54, 1.807) is 12.1 Å². The van der Waals surface area contributed by atoms with Gasteiger partial charge in [0, 0.05) is 22.4 Å². The van der Waals surface area contributed by atoms with Gasteiger partial charge in [-0.25, -0.2) is 0 Å². The van der Waals surface area contributed by atoms with Gasteiger partial charge in [0.2, 0.25) is 17.2 Å². The van der Waals surface area contributed by atoms with Crippen molar-refractivity contribution in [1.29, 1.82) is 0 Å². The van der Waals surface area contributed by atoms with Crippen LogP contribution in [0.5, 0.6) is 28.7 Å². The maximum absolute atomic E-state index is 10.4. The van der Waals surface area contributed by atoms with Crippen LogP contribution in [0.1, 0.15) is 43.0 Å². The smallest absolute Gasteiger partial charge is 0.208 e. The van der Waals surface area contributed by atoms with Crippen molar-refractivity contribution in [2.24, 2.45) is 0 Å². The predicted octanol–water partition coefficient (Wildman–Crippen LogP) is 13.5. The van der Waals surface area contributed by atoms with Gasteiger partial charge in [-0.05, 0) is 117 Å². The van der Waals surface area contributed by atoms with Crippen molar-refractivity contribution < 1.29 is 25.5 Å². The molecule has 0 radical (unpaired) electrons. The Kier molecular flexibility index (Phi) is 8.93. The summed E-state index contributed by atoms with van der Waals surface area (Å²) < 4.78 is 0. The topological polar surface area (TPSA) is 104 Å². The van der Waals surface area contributed by atoms with Gasteiger partial charge in [0.15, 0.2) is 11.5 Å². The van der Waals surface area contributed by atoms with E-state index in [0.717, 1.165) is 50.1 Å². The molecule has 6 heteroatoms. The molecule has 8 aromatic rings. The number of fused-ring (bicyclic) bond motifs is 4. The number of nitrogens with zero attached hydrogens (tertiary/aromatic N) is 1. The number of phenols is 5. The van der Waals surface area contributed by atoms with E-state index < -0.39 is 28.7 Å². The first-order valence-corrected chi connectivity index (χ1v) is 19.7. The molecule has 0 amide bonds. The maximum Gasteiger partial charge on any atom is 0.208 e. The van der Waals surface area contributed by atoms with Crippen molar-refractivity contribution in [2.45, 2.75) is 33.1 Å². The van der Waals surface area contributed by atoms with Crippen molar-refractivity contribution in [1.82, 2.24) is 0 Å². The van der Waals surface area contributed by atoms with E-state index >= 15 is 0 Å². The van der Waals surface area contributed by atoms with E-state index in [4.69, 9.17) is 0 Å². The van der Waals surface area contributed by atoms with Crippen LogP contribution in [0.25, 0.3) is 61.4 Å². The molecule has 8 aromatic carbocycles. The molecule has 0 fully saturated rings. The maximum atomic E-state index is 10.4. The fourth-order valence-electron chi connectivity index (χ4n) is 8.70. The van der Waals surface area contributed by atoms with E-state index in [9.17, 15) is 25.5 Å². The summed E-state index contributed by atoms with van der Waals surface area (Å²) in [5.74, 6) is -4.24. The standard InChI is InChI=1S/C53H43NO5/c1-5-9-41-31(2)10-8-13-46(41)54(40-26-27-43-42-11-6-7-12-44(42)53(3,4)45(43)30-40)39-25-24-37-28-36(22-23-38(37)29-39)34-16-14-32(15-17-34)33-18-20-35(21-19-33)47-48(55)50(57)52(59)51(58)49(47)56/h5-30,55-59H,1-4H3/b9-5-. The van der Waals surface area contributed by atoms with Crippen LogP contribution >= 0.6 is 0 Å². The fourth-order valence-corrected chi connectivity index (χ4v) is 8.70. The molecular formula is C53H43NO5. The lowest BCUT2D eigenvalue weighted by Gasteiger charge is -2.30. The Morgan fingerprint density at radius 1 is 0.475 bits per heavy atom. The lowest BCUT2D eigenvalue weighted by Crippen LogP contribution is -2.17. The summed E-state index contributed by atoms with van der Waals surface area (Å²) in [5.41, 5.74) is 15.1. The normalized spacial score (nSPS) is 12.8. The highest BCUT2D eigenvalue weighted by molar-refractivity contribution is 5.94. The lowest BCUT2D eigenvalue weighted by atomic mass is 9.82. The van der Waals surface area contributed by atoms with Crippen LogP contribution in [-0.2, 0) is 5.41 Å². The van der Waals surface area contributed by atoms with Crippen LogP contribution < -0.4 is 4.90 Å². The van der Waals surface area contributed by atoms with E-state index in [2.05, 4.69) is 154 Å². The first-order chi connectivity index (χ1) is 28.5. The quantitative estimate of drug-likeness (QED) is 0.0816. The first-order valence-electron chi connectivity index (χ1n) is 19.7. The molecule has 9 rings (SSSR count). The van der Waals surface area contributed by atoms with Crippen LogP contribution in [0.3, 0.4) is 0 Å². The number of phenolic OH excluding ortho intramolecular Hbond substituents is 5. The number of allylic oxidation sites excluding steroid dienone is 1. The molecule has 290 valence electrons. The zero-order valence-electron chi connectivity index (χ0n) is 33.2. The molecule has 0 bridgehead atoms. The molecule has 1 aliphatic carbocycles. The summed E-state index contributed by atoms with van der Waals surface area (Å²) in [4.78, 5) is 2.39. The Bertz CT molecular complexity index is 2950. The zero-order valence-corrected chi connectivity index (χ0v) is 33.2. The SMILES string of the molecule is C/C=C\c1c(C)cccc1N(c1ccc2c(c1)C(C)(C)c1ccccc1-2)c1ccc2cc(-c3ccc(-c4ccc(-c5c(O)c(O)c(O)c(O)c5O)cc4)cc3)ccc2c1. The van der Waals surface area contributed by atoms with E-state index in [1.807, 2.05) is 24.3 Å².